The molecule has 0 radical (unpaired) electrons. The third-order valence-electron chi connectivity index (χ3n) is 7.69. The highest BCUT2D eigenvalue weighted by atomic mass is 28.4. The summed E-state index contributed by atoms with van der Waals surface area (Å²) in [5, 5.41) is 8.48. The molecule has 0 aromatic carbocycles. The fourth-order valence-electron chi connectivity index (χ4n) is 4.44. The minimum absolute atomic E-state index is 0.0868. The van der Waals surface area contributed by atoms with Gasteiger partial charge in [0.1, 0.15) is 23.8 Å². The molecule has 3 aromatic rings. The van der Waals surface area contributed by atoms with Crippen molar-refractivity contribution in [3.63, 3.8) is 0 Å². The Hall–Kier alpha value is -2.86. The standard InChI is InChI=1S/C28H41N5O5Si/c1-18(38-39(8,9)27(4,5)6)16-37-21-12-24(28(35-7)10-11-36-17-28)31-26(13-21)33-23-14-25(30-20(3)34)29-15-22(23)19(2)32-33/h12-15,18H,10-11,16-17H2,1-9H3,(H,29,30,34)/t18-,28-/m1/s1. The molecule has 39 heavy (non-hydrogen) atoms. The van der Waals surface area contributed by atoms with Crippen LogP contribution >= 0.6 is 0 Å². The first-order valence-electron chi connectivity index (χ1n) is 13.3. The Balaban J connectivity index is 1.73. The molecule has 0 unspecified atom stereocenters. The minimum Gasteiger partial charge on any atom is -0.491 e. The first-order chi connectivity index (χ1) is 18.2. The van der Waals surface area contributed by atoms with Crippen LogP contribution in [0.4, 0.5) is 5.82 Å². The Morgan fingerprint density at radius 2 is 2.03 bits per heavy atom. The zero-order valence-corrected chi connectivity index (χ0v) is 25.5. The van der Waals surface area contributed by atoms with Crippen molar-refractivity contribution >= 4 is 30.9 Å². The lowest BCUT2D eigenvalue weighted by Crippen LogP contribution is -2.44. The van der Waals surface area contributed by atoms with Crippen molar-refractivity contribution < 1.29 is 23.4 Å². The summed E-state index contributed by atoms with van der Waals surface area (Å²) in [6.07, 6.45) is 2.30. The summed E-state index contributed by atoms with van der Waals surface area (Å²) in [7, 11) is -0.265. The number of carbonyl (C=O) groups is 1. The van der Waals surface area contributed by atoms with Gasteiger partial charge in [0.15, 0.2) is 14.1 Å². The van der Waals surface area contributed by atoms with Crippen LogP contribution in [0.25, 0.3) is 16.7 Å². The summed E-state index contributed by atoms with van der Waals surface area (Å²) < 4.78 is 26.3. The fourth-order valence-corrected chi connectivity index (χ4v) is 5.87. The normalized spacial score (nSPS) is 18.9. The number of hydrogen-bond acceptors (Lipinski definition) is 8. The van der Waals surface area contributed by atoms with E-state index < -0.39 is 13.9 Å². The number of fused-ring (bicyclic) bond motifs is 1. The lowest BCUT2D eigenvalue weighted by atomic mass is 9.97. The Bertz CT molecular complexity index is 1340. The number of anilines is 1. The number of methoxy groups -OCH3 is 1. The van der Waals surface area contributed by atoms with Gasteiger partial charge in [-0.3, -0.25) is 4.79 Å². The van der Waals surface area contributed by atoms with Crippen molar-refractivity contribution in [1.82, 2.24) is 19.7 Å². The molecule has 1 amide bonds. The second-order valence-electron chi connectivity index (χ2n) is 11.8. The molecule has 1 fully saturated rings. The van der Waals surface area contributed by atoms with E-state index in [9.17, 15) is 4.79 Å². The summed E-state index contributed by atoms with van der Waals surface area (Å²) in [5.41, 5.74) is 1.60. The maximum atomic E-state index is 11.6. The van der Waals surface area contributed by atoms with Crippen LogP contribution < -0.4 is 10.1 Å². The highest BCUT2D eigenvalue weighted by Crippen LogP contribution is 2.38. The highest BCUT2D eigenvalue weighted by molar-refractivity contribution is 6.74. The summed E-state index contributed by atoms with van der Waals surface area (Å²) in [5.74, 6) is 1.46. The van der Waals surface area contributed by atoms with E-state index in [1.165, 1.54) is 6.92 Å². The van der Waals surface area contributed by atoms with E-state index >= 15 is 0 Å². The van der Waals surface area contributed by atoms with Gasteiger partial charge in [-0.25, -0.2) is 14.6 Å². The van der Waals surface area contributed by atoms with E-state index in [2.05, 4.69) is 44.2 Å². The SMILES string of the molecule is CO[C@]1(c2cc(OC[C@@H](C)O[Si](C)(C)C(C)(C)C)cc(-n3nc(C)c4cnc(NC(C)=O)cc43)n2)CCOC1. The number of ether oxygens (including phenoxy) is 3. The largest absolute Gasteiger partial charge is 0.491 e. The van der Waals surface area contributed by atoms with E-state index in [1.807, 2.05) is 26.0 Å². The number of aryl methyl sites for hydroxylation is 1. The van der Waals surface area contributed by atoms with Crippen molar-refractivity contribution in [2.24, 2.45) is 0 Å². The summed E-state index contributed by atoms with van der Waals surface area (Å²) in [4.78, 5) is 21.0. The predicted octanol–water partition coefficient (Wildman–Crippen LogP) is 5.13. The quantitative estimate of drug-likeness (QED) is 0.362. The second kappa shape index (κ2) is 11.0. The van der Waals surface area contributed by atoms with Crippen LogP contribution in [0.15, 0.2) is 24.4 Å². The zero-order chi connectivity index (χ0) is 28.6. The number of nitrogens with one attached hydrogen (secondary N) is 1. The number of rotatable bonds is 9. The van der Waals surface area contributed by atoms with Gasteiger partial charge in [-0.2, -0.15) is 5.10 Å². The molecule has 0 spiro atoms. The Morgan fingerprint density at radius 3 is 2.64 bits per heavy atom. The zero-order valence-electron chi connectivity index (χ0n) is 24.5. The van der Waals surface area contributed by atoms with Crippen LogP contribution in [0.5, 0.6) is 5.75 Å². The molecular weight excluding hydrogens is 514 g/mol. The van der Waals surface area contributed by atoms with Crippen LogP contribution in [0.1, 0.15) is 52.4 Å². The molecule has 11 heteroatoms. The smallest absolute Gasteiger partial charge is 0.222 e. The van der Waals surface area contributed by atoms with Gasteiger partial charge in [0, 0.05) is 56.8 Å². The van der Waals surface area contributed by atoms with Gasteiger partial charge in [-0.1, -0.05) is 20.8 Å². The van der Waals surface area contributed by atoms with Gasteiger partial charge in [-0.05, 0) is 32.0 Å². The first kappa shape index (κ1) is 29.1. The Morgan fingerprint density at radius 1 is 1.28 bits per heavy atom. The van der Waals surface area contributed by atoms with Crippen molar-refractivity contribution in [2.45, 2.75) is 77.8 Å². The number of nitrogens with zero attached hydrogens (tertiary/aromatic N) is 4. The van der Waals surface area contributed by atoms with Gasteiger partial charge in [0.2, 0.25) is 5.91 Å². The predicted molar refractivity (Wildman–Crippen MR) is 153 cm³/mol. The number of hydrogen-bond donors (Lipinski definition) is 1. The highest BCUT2D eigenvalue weighted by Gasteiger charge is 2.40. The maximum absolute atomic E-state index is 11.6. The maximum Gasteiger partial charge on any atom is 0.222 e. The van der Waals surface area contributed by atoms with Crippen molar-refractivity contribution in [1.29, 1.82) is 0 Å². The molecule has 2 atom stereocenters. The molecule has 1 aliphatic rings. The molecule has 4 rings (SSSR count). The molecule has 10 nitrogen and oxygen atoms in total. The van der Waals surface area contributed by atoms with E-state index in [0.717, 1.165) is 16.6 Å². The van der Waals surface area contributed by atoms with E-state index in [0.29, 0.717) is 49.3 Å². The average Bonchev–Trinajstić information content (AvgIpc) is 3.47. The Labute approximate surface area is 231 Å². The van der Waals surface area contributed by atoms with E-state index in [1.54, 1.807) is 24.1 Å². The summed E-state index contributed by atoms with van der Waals surface area (Å²) >= 11 is 0. The van der Waals surface area contributed by atoms with Crippen LogP contribution in [-0.2, 0) is 24.3 Å². The molecule has 212 valence electrons. The molecule has 1 aliphatic heterocycles. The van der Waals surface area contributed by atoms with E-state index in [4.69, 9.17) is 28.7 Å². The second-order valence-corrected chi connectivity index (χ2v) is 16.6. The molecule has 4 heterocycles. The summed E-state index contributed by atoms with van der Waals surface area (Å²) in [6, 6.07) is 5.58. The number of carbonyl (C=O) groups excluding carboxylic acids is 1. The van der Waals surface area contributed by atoms with Crippen LogP contribution in [0, 0.1) is 6.92 Å². The van der Waals surface area contributed by atoms with Crippen LogP contribution in [0.2, 0.25) is 18.1 Å². The molecule has 3 aromatic heterocycles. The monoisotopic (exact) mass is 555 g/mol. The number of pyridine rings is 2. The molecule has 1 saturated heterocycles. The topological polar surface area (TPSA) is 110 Å². The lowest BCUT2D eigenvalue weighted by Gasteiger charge is -2.38. The Kier molecular flexibility index (Phi) is 8.18. The fraction of sp³-hybridized carbons (Fsp3) is 0.571. The average molecular weight is 556 g/mol. The van der Waals surface area contributed by atoms with Crippen molar-refractivity contribution in [3.05, 3.63) is 35.8 Å². The van der Waals surface area contributed by atoms with Crippen LogP contribution in [0.3, 0.4) is 0 Å². The van der Waals surface area contributed by atoms with Gasteiger partial charge in [0.05, 0.1) is 29.6 Å². The third-order valence-corrected chi connectivity index (χ3v) is 12.3. The van der Waals surface area contributed by atoms with Gasteiger partial charge < -0.3 is 24.0 Å². The van der Waals surface area contributed by atoms with Gasteiger partial charge in [0.25, 0.3) is 0 Å². The molecular formula is C28H41N5O5Si. The minimum atomic E-state index is -1.94. The number of amides is 1. The van der Waals surface area contributed by atoms with Gasteiger partial charge in [-0.15, -0.1) is 0 Å². The molecule has 0 aliphatic carbocycles. The van der Waals surface area contributed by atoms with E-state index in [-0.39, 0.29) is 17.0 Å². The molecule has 1 N–H and O–H groups in total. The molecule has 0 bridgehead atoms. The van der Waals surface area contributed by atoms with Crippen molar-refractivity contribution in [3.8, 4) is 11.6 Å². The lowest BCUT2D eigenvalue weighted by molar-refractivity contribution is -0.114. The van der Waals surface area contributed by atoms with Crippen molar-refractivity contribution in [2.75, 3.05) is 32.2 Å². The van der Waals surface area contributed by atoms with Crippen LogP contribution in [-0.4, -0.2) is 67.0 Å². The van der Waals surface area contributed by atoms with Gasteiger partial charge >= 0.3 is 0 Å². The number of aromatic nitrogens is 4. The third kappa shape index (κ3) is 6.16. The summed E-state index contributed by atoms with van der Waals surface area (Å²) in [6.45, 7) is 18.0. The first-order valence-corrected chi connectivity index (χ1v) is 16.2. The molecule has 0 saturated carbocycles.